The molecule has 6 nitrogen and oxygen atoms in total. The predicted molar refractivity (Wildman–Crippen MR) is 114 cm³/mol. The summed E-state index contributed by atoms with van der Waals surface area (Å²) in [5, 5.41) is 2.78. The van der Waals surface area contributed by atoms with Crippen molar-refractivity contribution in [3.05, 3.63) is 83.4 Å². The van der Waals surface area contributed by atoms with Gasteiger partial charge in [-0.2, -0.15) is 0 Å². The molecular formula is C22H22N2O4S. The van der Waals surface area contributed by atoms with Crippen LogP contribution in [0, 0.1) is 13.8 Å². The average molecular weight is 410 g/mol. The molecule has 0 aliphatic rings. The molecule has 0 aliphatic carbocycles. The van der Waals surface area contributed by atoms with Crippen LogP contribution in [0.4, 0.5) is 11.4 Å². The molecule has 29 heavy (non-hydrogen) atoms. The predicted octanol–water partition coefficient (Wildman–Crippen LogP) is 4.37. The van der Waals surface area contributed by atoms with Crippen LogP contribution < -0.4 is 14.8 Å². The average Bonchev–Trinajstić information content (AvgIpc) is 2.69. The molecule has 0 aromatic heterocycles. The van der Waals surface area contributed by atoms with Gasteiger partial charge in [-0.15, -0.1) is 0 Å². The first kappa shape index (κ1) is 20.4. The van der Waals surface area contributed by atoms with Crippen molar-refractivity contribution in [3.8, 4) is 5.75 Å². The van der Waals surface area contributed by atoms with E-state index in [1.807, 2.05) is 13.0 Å². The first-order valence-corrected chi connectivity index (χ1v) is 10.4. The van der Waals surface area contributed by atoms with Crippen LogP contribution in [-0.2, 0) is 10.0 Å². The number of carbonyl (C=O) groups excluding carboxylic acids is 1. The summed E-state index contributed by atoms with van der Waals surface area (Å²) in [6.07, 6.45) is 0. The number of rotatable bonds is 6. The summed E-state index contributed by atoms with van der Waals surface area (Å²) in [4.78, 5) is 12.8. The Labute approximate surface area is 170 Å². The highest BCUT2D eigenvalue weighted by molar-refractivity contribution is 7.92. The highest BCUT2D eigenvalue weighted by Gasteiger charge is 2.18. The van der Waals surface area contributed by atoms with Gasteiger partial charge in [-0.25, -0.2) is 8.42 Å². The number of anilines is 2. The fourth-order valence-electron chi connectivity index (χ4n) is 2.83. The minimum Gasteiger partial charge on any atom is -0.497 e. The maximum absolute atomic E-state index is 12.8. The zero-order chi connectivity index (χ0) is 21.0. The monoisotopic (exact) mass is 410 g/mol. The number of benzene rings is 3. The second-order valence-corrected chi connectivity index (χ2v) is 8.29. The highest BCUT2D eigenvalue weighted by Crippen LogP contribution is 2.22. The van der Waals surface area contributed by atoms with Crippen LogP contribution in [0.3, 0.4) is 0 Å². The van der Waals surface area contributed by atoms with E-state index in [1.54, 1.807) is 68.6 Å². The Morgan fingerprint density at radius 1 is 0.897 bits per heavy atom. The number of carbonyl (C=O) groups is 1. The summed E-state index contributed by atoms with van der Waals surface area (Å²) in [6.45, 7) is 3.58. The fraction of sp³-hybridized carbons (Fsp3) is 0.136. The van der Waals surface area contributed by atoms with E-state index < -0.39 is 10.0 Å². The lowest BCUT2D eigenvalue weighted by molar-refractivity contribution is 0.102. The Morgan fingerprint density at radius 3 is 2.38 bits per heavy atom. The Morgan fingerprint density at radius 2 is 1.62 bits per heavy atom. The molecule has 0 saturated heterocycles. The van der Waals surface area contributed by atoms with Crippen LogP contribution in [0.25, 0.3) is 0 Å². The van der Waals surface area contributed by atoms with Gasteiger partial charge in [0.15, 0.2) is 0 Å². The summed E-state index contributed by atoms with van der Waals surface area (Å²) in [7, 11) is -2.23. The van der Waals surface area contributed by atoms with Crippen LogP contribution in [0.5, 0.6) is 5.75 Å². The van der Waals surface area contributed by atoms with Crippen molar-refractivity contribution in [1.82, 2.24) is 0 Å². The molecule has 0 radical (unpaired) electrons. The van der Waals surface area contributed by atoms with E-state index in [1.165, 1.54) is 6.07 Å². The van der Waals surface area contributed by atoms with Gasteiger partial charge in [0.1, 0.15) is 5.75 Å². The first-order valence-electron chi connectivity index (χ1n) is 8.94. The number of aryl methyl sites for hydroxylation is 2. The second kappa shape index (κ2) is 8.36. The molecule has 0 aliphatic heterocycles. The third-order valence-electron chi connectivity index (χ3n) is 4.34. The molecule has 0 saturated carbocycles. The molecule has 0 unspecified atom stereocenters. The van der Waals surface area contributed by atoms with Gasteiger partial charge in [-0.1, -0.05) is 24.3 Å². The van der Waals surface area contributed by atoms with Crippen molar-refractivity contribution in [2.75, 3.05) is 17.1 Å². The largest absolute Gasteiger partial charge is 0.497 e. The van der Waals surface area contributed by atoms with Crippen LogP contribution in [0.15, 0.2) is 71.6 Å². The van der Waals surface area contributed by atoms with E-state index in [4.69, 9.17) is 4.74 Å². The molecule has 7 heteroatoms. The van der Waals surface area contributed by atoms with Crippen LogP contribution in [0.1, 0.15) is 21.5 Å². The zero-order valence-electron chi connectivity index (χ0n) is 16.4. The number of amides is 1. The molecule has 0 atom stereocenters. The smallest absolute Gasteiger partial charge is 0.262 e. The number of hydrogen-bond donors (Lipinski definition) is 2. The van der Waals surface area contributed by atoms with Crippen molar-refractivity contribution in [2.45, 2.75) is 18.7 Å². The zero-order valence-corrected chi connectivity index (χ0v) is 17.2. The van der Waals surface area contributed by atoms with Crippen molar-refractivity contribution in [2.24, 2.45) is 0 Å². The Kier molecular flexibility index (Phi) is 5.89. The van der Waals surface area contributed by atoms with Crippen LogP contribution in [0.2, 0.25) is 0 Å². The Hall–Kier alpha value is -3.32. The van der Waals surface area contributed by atoms with Gasteiger partial charge in [0.05, 0.1) is 12.0 Å². The normalized spacial score (nSPS) is 11.0. The molecular weight excluding hydrogens is 388 g/mol. The standard InChI is InChI=1S/C22H22N2O4S/c1-15-10-11-16(2)21(12-15)29(26,27)24-19-8-4-6-17(13-19)22(25)23-18-7-5-9-20(14-18)28-3/h4-14,24H,1-3H3,(H,23,25). The second-order valence-electron chi connectivity index (χ2n) is 6.64. The van der Waals surface area contributed by atoms with Gasteiger partial charge in [-0.3, -0.25) is 9.52 Å². The SMILES string of the molecule is COc1cccc(NC(=O)c2cccc(NS(=O)(=O)c3cc(C)ccc3C)c2)c1. The van der Waals surface area contributed by atoms with Crippen LogP contribution in [-0.4, -0.2) is 21.4 Å². The molecule has 0 bridgehead atoms. The van der Waals surface area contributed by atoms with Gasteiger partial charge < -0.3 is 10.1 Å². The summed E-state index contributed by atoms with van der Waals surface area (Å²) in [5.41, 5.74) is 2.71. The van der Waals surface area contributed by atoms with Gasteiger partial charge in [0.25, 0.3) is 15.9 Å². The summed E-state index contributed by atoms with van der Waals surface area (Å²) in [5.74, 6) is 0.267. The van der Waals surface area contributed by atoms with Gasteiger partial charge in [0, 0.05) is 23.0 Å². The van der Waals surface area contributed by atoms with Gasteiger partial charge >= 0.3 is 0 Å². The lowest BCUT2D eigenvalue weighted by Crippen LogP contribution is -2.16. The number of nitrogens with one attached hydrogen (secondary N) is 2. The van der Waals surface area contributed by atoms with E-state index in [2.05, 4.69) is 10.0 Å². The maximum atomic E-state index is 12.8. The third kappa shape index (κ3) is 4.94. The Bertz CT molecular complexity index is 1160. The van der Waals surface area contributed by atoms with E-state index in [-0.39, 0.29) is 10.8 Å². The molecule has 2 N–H and O–H groups in total. The third-order valence-corrected chi connectivity index (χ3v) is 5.86. The minimum absolute atomic E-state index is 0.212. The molecule has 3 aromatic rings. The number of ether oxygens (including phenoxy) is 1. The van der Waals surface area contributed by atoms with Crippen molar-refractivity contribution >= 4 is 27.3 Å². The van der Waals surface area contributed by atoms with Gasteiger partial charge in [0.2, 0.25) is 0 Å². The lowest BCUT2D eigenvalue weighted by Gasteiger charge is -2.12. The molecule has 1 amide bonds. The molecule has 0 spiro atoms. The summed E-state index contributed by atoms with van der Waals surface area (Å²) < 4.78 is 33.3. The fourth-order valence-corrected chi connectivity index (χ4v) is 4.22. The molecule has 0 fully saturated rings. The number of methoxy groups -OCH3 is 1. The first-order chi connectivity index (χ1) is 13.8. The minimum atomic E-state index is -3.78. The maximum Gasteiger partial charge on any atom is 0.262 e. The van der Waals surface area contributed by atoms with Crippen molar-refractivity contribution < 1.29 is 17.9 Å². The molecule has 3 aromatic carbocycles. The van der Waals surface area contributed by atoms with E-state index in [0.29, 0.717) is 28.3 Å². The highest BCUT2D eigenvalue weighted by atomic mass is 32.2. The van der Waals surface area contributed by atoms with E-state index >= 15 is 0 Å². The number of hydrogen-bond acceptors (Lipinski definition) is 4. The summed E-state index contributed by atoms with van der Waals surface area (Å²) >= 11 is 0. The number of sulfonamides is 1. The van der Waals surface area contributed by atoms with Crippen molar-refractivity contribution in [3.63, 3.8) is 0 Å². The molecule has 0 heterocycles. The quantitative estimate of drug-likeness (QED) is 0.632. The van der Waals surface area contributed by atoms with Crippen molar-refractivity contribution in [1.29, 1.82) is 0 Å². The van der Waals surface area contributed by atoms with Crippen LogP contribution >= 0.6 is 0 Å². The van der Waals surface area contributed by atoms with Gasteiger partial charge in [-0.05, 0) is 61.4 Å². The van der Waals surface area contributed by atoms with E-state index in [0.717, 1.165) is 5.56 Å². The Balaban J connectivity index is 1.81. The molecule has 3 rings (SSSR count). The van der Waals surface area contributed by atoms with E-state index in [9.17, 15) is 13.2 Å². The topological polar surface area (TPSA) is 84.5 Å². The summed E-state index contributed by atoms with van der Waals surface area (Å²) in [6, 6.07) is 18.6. The lowest BCUT2D eigenvalue weighted by atomic mass is 10.2. The molecule has 150 valence electrons.